The number of carbonyl (C=O) groups excluding carboxylic acids is 1. The molecule has 0 saturated carbocycles. The molecule has 1 aliphatic heterocycles. The van der Waals surface area contributed by atoms with E-state index in [9.17, 15) is 4.79 Å². The molecule has 0 bridgehead atoms. The molecule has 0 aromatic carbocycles. The van der Waals surface area contributed by atoms with Crippen LogP contribution in [0.15, 0.2) is 12.3 Å². The number of hydrogen-bond donors (Lipinski definition) is 0. The summed E-state index contributed by atoms with van der Waals surface area (Å²) >= 11 is 3.42. The Hall–Kier alpha value is -0.840. The first kappa shape index (κ1) is 11.6. The van der Waals surface area contributed by atoms with Crippen molar-refractivity contribution in [1.82, 2.24) is 14.7 Å². The van der Waals surface area contributed by atoms with Gasteiger partial charge in [0.15, 0.2) is 0 Å². The van der Waals surface area contributed by atoms with Crippen molar-refractivity contribution < 1.29 is 4.79 Å². The molecule has 1 saturated heterocycles. The monoisotopic (exact) mass is 285 g/mol. The van der Waals surface area contributed by atoms with Crippen LogP contribution in [-0.2, 0) is 18.3 Å². The van der Waals surface area contributed by atoms with E-state index in [1.165, 1.54) is 5.69 Å². The fourth-order valence-electron chi connectivity index (χ4n) is 2.01. The van der Waals surface area contributed by atoms with Gasteiger partial charge in [-0.05, 0) is 18.9 Å². The Morgan fingerprint density at radius 3 is 3.12 bits per heavy atom. The fraction of sp³-hybridized carbons (Fsp3) is 0.636. The third kappa shape index (κ3) is 2.45. The van der Waals surface area contributed by atoms with Gasteiger partial charge in [0.25, 0.3) is 0 Å². The maximum atomic E-state index is 11.8. The molecule has 1 unspecified atom stereocenters. The number of aryl methyl sites for hydroxylation is 1. The summed E-state index contributed by atoms with van der Waals surface area (Å²) in [6.45, 7) is 1.68. The summed E-state index contributed by atoms with van der Waals surface area (Å²) in [6, 6.07) is 2.00. The van der Waals surface area contributed by atoms with E-state index in [0.717, 1.165) is 32.4 Å². The van der Waals surface area contributed by atoms with E-state index >= 15 is 0 Å². The summed E-state index contributed by atoms with van der Waals surface area (Å²) in [5.41, 5.74) is 1.17. The number of rotatable bonds is 3. The number of nitrogens with zero attached hydrogens (tertiary/aromatic N) is 3. The van der Waals surface area contributed by atoms with Gasteiger partial charge in [-0.3, -0.25) is 9.48 Å². The van der Waals surface area contributed by atoms with Crippen LogP contribution in [0.25, 0.3) is 0 Å². The average molecular weight is 286 g/mol. The lowest BCUT2D eigenvalue weighted by atomic mass is 10.1. The molecule has 5 heteroatoms. The Balaban J connectivity index is 1.90. The number of alkyl halides is 1. The number of halogens is 1. The van der Waals surface area contributed by atoms with Crippen molar-refractivity contribution in [3.05, 3.63) is 18.0 Å². The van der Waals surface area contributed by atoms with Gasteiger partial charge >= 0.3 is 0 Å². The van der Waals surface area contributed by atoms with Crippen LogP contribution in [0.4, 0.5) is 0 Å². The lowest BCUT2D eigenvalue weighted by Crippen LogP contribution is -2.42. The molecule has 2 rings (SSSR count). The molecule has 1 aliphatic rings. The van der Waals surface area contributed by atoms with Crippen molar-refractivity contribution >= 4 is 21.8 Å². The lowest BCUT2D eigenvalue weighted by Gasteiger charge is -2.29. The molecule has 1 amide bonds. The predicted octanol–water partition coefficient (Wildman–Crippen LogP) is 1.35. The molecule has 0 spiro atoms. The zero-order valence-electron chi connectivity index (χ0n) is 9.40. The number of hydrogen-bond acceptors (Lipinski definition) is 2. The van der Waals surface area contributed by atoms with E-state index in [1.807, 2.05) is 22.7 Å². The number of carbonyl (C=O) groups is 1. The molecule has 88 valence electrons. The minimum absolute atomic E-state index is 0.0211. The molecule has 1 atom stereocenters. The summed E-state index contributed by atoms with van der Waals surface area (Å²) in [6.07, 6.45) is 4.72. The molecule has 1 fully saturated rings. The first-order valence-corrected chi connectivity index (χ1v) is 6.50. The Morgan fingerprint density at radius 2 is 2.44 bits per heavy atom. The van der Waals surface area contributed by atoms with Crippen molar-refractivity contribution in [1.29, 1.82) is 0 Å². The van der Waals surface area contributed by atoms with Crippen LogP contribution < -0.4 is 0 Å². The van der Waals surface area contributed by atoms with Gasteiger partial charge < -0.3 is 4.90 Å². The molecule has 4 nitrogen and oxygen atoms in total. The Bertz CT molecular complexity index is 377. The van der Waals surface area contributed by atoms with Crippen molar-refractivity contribution in [3.8, 4) is 0 Å². The van der Waals surface area contributed by atoms with Gasteiger partial charge in [0.1, 0.15) is 0 Å². The van der Waals surface area contributed by atoms with Gasteiger partial charge in [-0.2, -0.15) is 5.10 Å². The van der Waals surface area contributed by atoms with Gasteiger partial charge in [-0.25, -0.2) is 0 Å². The number of amides is 1. The van der Waals surface area contributed by atoms with E-state index < -0.39 is 0 Å². The van der Waals surface area contributed by atoms with Gasteiger partial charge in [0.2, 0.25) is 5.91 Å². The second-order valence-electron chi connectivity index (χ2n) is 4.13. The Kier molecular flexibility index (Phi) is 3.63. The smallest absolute Gasteiger partial charge is 0.236 e. The fourth-order valence-corrected chi connectivity index (χ4v) is 2.62. The van der Waals surface area contributed by atoms with Crippen molar-refractivity contribution in [2.45, 2.75) is 24.1 Å². The SMILES string of the molecule is Cn1nccc1CCN1CCCC(Br)C1=O. The zero-order chi connectivity index (χ0) is 11.5. The molecule has 0 radical (unpaired) electrons. The first-order chi connectivity index (χ1) is 7.68. The van der Waals surface area contributed by atoms with Crippen molar-refractivity contribution in [2.24, 2.45) is 7.05 Å². The minimum Gasteiger partial charge on any atom is -0.341 e. The number of likely N-dealkylation sites (tertiary alicyclic amines) is 1. The maximum absolute atomic E-state index is 11.8. The van der Waals surface area contributed by atoms with Gasteiger partial charge in [0.05, 0.1) is 4.83 Å². The molecule has 0 N–H and O–H groups in total. The summed E-state index contributed by atoms with van der Waals surface area (Å²) in [5, 5.41) is 4.12. The summed E-state index contributed by atoms with van der Waals surface area (Å²) in [5.74, 6) is 0.230. The van der Waals surface area contributed by atoms with Crippen LogP contribution in [0.5, 0.6) is 0 Å². The van der Waals surface area contributed by atoms with Crippen LogP contribution in [0.2, 0.25) is 0 Å². The first-order valence-electron chi connectivity index (χ1n) is 5.58. The van der Waals surface area contributed by atoms with Crippen molar-refractivity contribution in [2.75, 3.05) is 13.1 Å². The lowest BCUT2D eigenvalue weighted by molar-refractivity contribution is -0.132. The molecular weight excluding hydrogens is 270 g/mol. The second kappa shape index (κ2) is 4.99. The Morgan fingerprint density at radius 1 is 1.62 bits per heavy atom. The van der Waals surface area contributed by atoms with Gasteiger partial charge in [0, 0.05) is 38.4 Å². The van der Waals surface area contributed by atoms with Crippen LogP contribution in [-0.4, -0.2) is 38.5 Å². The topological polar surface area (TPSA) is 38.1 Å². The maximum Gasteiger partial charge on any atom is 0.236 e. The van der Waals surface area contributed by atoms with Gasteiger partial charge in [-0.1, -0.05) is 15.9 Å². The van der Waals surface area contributed by atoms with Crippen LogP contribution in [0.3, 0.4) is 0 Å². The molecule has 0 aliphatic carbocycles. The van der Waals surface area contributed by atoms with E-state index in [2.05, 4.69) is 21.0 Å². The van der Waals surface area contributed by atoms with E-state index in [4.69, 9.17) is 0 Å². The summed E-state index contributed by atoms with van der Waals surface area (Å²) in [7, 11) is 1.93. The molecule has 2 heterocycles. The quantitative estimate of drug-likeness (QED) is 0.787. The average Bonchev–Trinajstić information content (AvgIpc) is 2.67. The number of piperidine rings is 1. The summed E-state index contributed by atoms with van der Waals surface area (Å²) < 4.78 is 1.86. The van der Waals surface area contributed by atoms with E-state index in [0.29, 0.717) is 0 Å². The molecule has 1 aromatic heterocycles. The highest BCUT2D eigenvalue weighted by atomic mass is 79.9. The van der Waals surface area contributed by atoms with Gasteiger partial charge in [-0.15, -0.1) is 0 Å². The molecule has 1 aromatic rings. The predicted molar refractivity (Wildman–Crippen MR) is 65.4 cm³/mol. The molecule has 16 heavy (non-hydrogen) atoms. The highest BCUT2D eigenvalue weighted by molar-refractivity contribution is 9.10. The summed E-state index contributed by atoms with van der Waals surface area (Å²) in [4.78, 5) is 13.8. The van der Waals surface area contributed by atoms with Crippen LogP contribution in [0, 0.1) is 0 Å². The third-order valence-corrected chi connectivity index (χ3v) is 3.88. The zero-order valence-corrected chi connectivity index (χ0v) is 11.0. The molecular formula is C11H16BrN3O. The van der Waals surface area contributed by atoms with Crippen LogP contribution >= 0.6 is 15.9 Å². The van der Waals surface area contributed by atoms with E-state index in [1.54, 1.807) is 6.20 Å². The van der Waals surface area contributed by atoms with E-state index in [-0.39, 0.29) is 10.7 Å². The standard InChI is InChI=1S/C11H16BrN3O/c1-14-9(4-6-13-14)5-8-15-7-2-3-10(12)11(15)16/h4,6,10H,2-3,5,7-8H2,1H3. The number of aromatic nitrogens is 2. The van der Waals surface area contributed by atoms with Crippen LogP contribution in [0.1, 0.15) is 18.5 Å². The third-order valence-electron chi connectivity index (χ3n) is 3.03. The second-order valence-corrected chi connectivity index (χ2v) is 5.24. The normalized spacial score (nSPS) is 21.5. The largest absolute Gasteiger partial charge is 0.341 e. The minimum atomic E-state index is 0.0211. The highest BCUT2D eigenvalue weighted by Crippen LogP contribution is 2.18. The highest BCUT2D eigenvalue weighted by Gasteiger charge is 2.25. The Labute approximate surface area is 104 Å². The van der Waals surface area contributed by atoms with Crippen molar-refractivity contribution in [3.63, 3.8) is 0 Å².